The van der Waals surface area contributed by atoms with Crippen LogP contribution >= 0.6 is 0 Å². The van der Waals surface area contributed by atoms with Crippen molar-refractivity contribution < 1.29 is 4.79 Å². The highest BCUT2D eigenvalue weighted by Gasteiger charge is 2.29. The molecule has 1 aromatic carbocycles. The summed E-state index contributed by atoms with van der Waals surface area (Å²) in [4.78, 5) is 19.5. The first-order chi connectivity index (χ1) is 16.2. The van der Waals surface area contributed by atoms with Gasteiger partial charge in [-0.05, 0) is 24.6 Å². The average molecular weight is 459 g/mol. The molecule has 4 heterocycles. The van der Waals surface area contributed by atoms with Gasteiger partial charge in [-0.2, -0.15) is 10.2 Å². The van der Waals surface area contributed by atoms with Crippen LogP contribution in [-0.2, 0) is 12.5 Å². The predicted octanol–water partition coefficient (Wildman–Crippen LogP) is 3.62. The lowest BCUT2D eigenvalue weighted by molar-refractivity contribution is 0.102. The molecule has 3 aromatic heterocycles. The van der Waals surface area contributed by atoms with Gasteiger partial charge in [0.2, 0.25) is 0 Å². The molecule has 176 valence electrons. The van der Waals surface area contributed by atoms with Gasteiger partial charge in [-0.1, -0.05) is 26.8 Å². The predicted molar refractivity (Wildman–Crippen MR) is 134 cm³/mol. The van der Waals surface area contributed by atoms with Crippen molar-refractivity contribution in [2.45, 2.75) is 39.2 Å². The number of aromatic nitrogens is 5. The van der Waals surface area contributed by atoms with Crippen LogP contribution in [0.5, 0.6) is 0 Å². The Morgan fingerprint density at radius 2 is 1.94 bits per heavy atom. The van der Waals surface area contributed by atoms with Gasteiger partial charge in [0.15, 0.2) is 0 Å². The lowest BCUT2D eigenvalue weighted by Gasteiger charge is -2.41. The van der Waals surface area contributed by atoms with Gasteiger partial charge in [0.25, 0.3) is 5.91 Å². The molecule has 0 bridgehead atoms. The molecular formula is C25H30N8O. The number of aryl methyl sites for hydroxylation is 2. The van der Waals surface area contributed by atoms with Gasteiger partial charge in [0, 0.05) is 55.3 Å². The van der Waals surface area contributed by atoms with Crippen molar-refractivity contribution in [2.24, 2.45) is 7.05 Å². The molecule has 0 aliphatic carbocycles. The van der Waals surface area contributed by atoms with E-state index >= 15 is 0 Å². The van der Waals surface area contributed by atoms with E-state index in [1.807, 2.05) is 61.3 Å². The van der Waals surface area contributed by atoms with Crippen LogP contribution < -0.4 is 15.5 Å². The summed E-state index contributed by atoms with van der Waals surface area (Å²) in [6, 6.07) is 7.98. The van der Waals surface area contributed by atoms with E-state index in [0.717, 1.165) is 41.2 Å². The van der Waals surface area contributed by atoms with Crippen molar-refractivity contribution in [2.75, 3.05) is 28.6 Å². The Morgan fingerprint density at radius 3 is 2.68 bits per heavy atom. The SMILES string of the molecule is Cc1ccc(C(=O)Nc2cc(C(C)(C)C)nn2C)cc1NC1CN(c2cnn3ccncc23)C1. The summed E-state index contributed by atoms with van der Waals surface area (Å²) in [5.41, 5.74) is 5.62. The molecule has 1 aliphatic heterocycles. The molecule has 2 N–H and O–H groups in total. The van der Waals surface area contributed by atoms with E-state index in [9.17, 15) is 4.79 Å². The summed E-state index contributed by atoms with van der Waals surface area (Å²) in [6.45, 7) is 10.1. The first-order valence-corrected chi connectivity index (χ1v) is 11.4. The Hall–Kier alpha value is -3.88. The third-order valence-electron chi connectivity index (χ3n) is 6.28. The molecule has 1 aliphatic rings. The molecule has 1 saturated heterocycles. The van der Waals surface area contributed by atoms with Gasteiger partial charge in [-0.25, -0.2) is 4.52 Å². The van der Waals surface area contributed by atoms with Crippen molar-refractivity contribution in [1.82, 2.24) is 24.4 Å². The van der Waals surface area contributed by atoms with Crippen molar-refractivity contribution in [3.8, 4) is 0 Å². The zero-order chi connectivity index (χ0) is 24.0. The number of nitrogens with zero attached hydrogens (tertiary/aromatic N) is 6. The fourth-order valence-electron chi connectivity index (χ4n) is 4.11. The van der Waals surface area contributed by atoms with Gasteiger partial charge in [-0.15, -0.1) is 0 Å². The number of rotatable bonds is 5. The topological polar surface area (TPSA) is 92.4 Å². The molecule has 0 unspecified atom stereocenters. The molecular weight excluding hydrogens is 428 g/mol. The van der Waals surface area contributed by atoms with Crippen LogP contribution in [0.2, 0.25) is 0 Å². The molecule has 5 rings (SSSR count). The Labute approximate surface area is 198 Å². The number of amides is 1. The zero-order valence-electron chi connectivity index (χ0n) is 20.2. The van der Waals surface area contributed by atoms with Crippen molar-refractivity contribution in [3.63, 3.8) is 0 Å². The molecule has 0 saturated carbocycles. The molecule has 0 atom stereocenters. The van der Waals surface area contributed by atoms with Crippen LogP contribution in [0.1, 0.15) is 42.4 Å². The van der Waals surface area contributed by atoms with Gasteiger partial charge < -0.3 is 15.5 Å². The van der Waals surface area contributed by atoms with Crippen LogP contribution in [0.15, 0.2) is 49.1 Å². The highest BCUT2D eigenvalue weighted by Crippen LogP contribution is 2.28. The molecule has 34 heavy (non-hydrogen) atoms. The molecule has 9 heteroatoms. The summed E-state index contributed by atoms with van der Waals surface area (Å²) in [5, 5.41) is 15.5. The van der Waals surface area contributed by atoms with E-state index in [4.69, 9.17) is 0 Å². The van der Waals surface area contributed by atoms with E-state index in [2.05, 4.69) is 51.5 Å². The third-order valence-corrected chi connectivity index (χ3v) is 6.28. The Morgan fingerprint density at radius 1 is 1.15 bits per heavy atom. The number of hydrogen-bond donors (Lipinski definition) is 2. The van der Waals surface area contributed by atoms with Crippen LogP contribution in [0, 0.1) is 6.92 Å². The Bertz CT molecular complexity index is 1360. The quantitative estimate of drug-likeness (QED) is 0.475. The maximum absolute atomic E-state index is 13.0. The first kappa shape index (κ1) is 21.9. The minimum absolute atomic E-state index is 0.0851. The lowest BCUT2D eigenvalue weighted by atomic mass is 9.92. The highest BCUT2D eigenvalue weighted by atomic mass is 16.1. The molecule has 0 radical (unpaired) electrons. The molecule has 1 fully saturated rings. The largest absolute Gasteiger partial charge is 0.379 e. The van der Waals surface area contributed by atoms with Gasteiger partial charge in [0.05, 0.1) is 29.8 Å². The van der Waals surface area contributed by atoms with E-state index in [1.165, 1.54) is 0 Å². The molecule has 0 spiro atoms. The summed E-state index contributed by atoms with van der Waals surface area (Å²) in [6.07, 6.45) is 7.30. The number of fused-ring (bicyclic) bond motifs is 1. The summed E-state index contributed by atoms with van der Waals surface area (Å²) >= 11 is 0. The molecule has 4 aromatic rings. The van der Waals surface area contributed by atoms with Crippen molar-refractivity contribution >= 4 is 28.6 Å². The minimum Gasteiger partial charge on any atom is -0.379 e. The lowest BCUT2D eigenvalue weighted by Crippen LogP contribution is -2.55. The molecule has 9 nitrogen and oxygen atoms in total. The second kappa shape index (κ2) is 8.16. The molecule has 1 amide bonds. The second-order valence-electron chi connectivity index (χ2n) is 9.95. The standard InChI is InChI=1S/C25H30N8O/c1-16-6-7-17(24(34)29-23-11-22(25(2,3)4)30-31(23)5)10-19(16)28-18-14-32(15-18)20-13-27-33-9-8-26-12-21(20)33/h6-13,18,28H,14-15H2,1-5H3,(H,29,34). The van der Waals surface area contributed by atoms with Gasteiger partial charge in [0.1, 0.15) is 11.3 Å². The number of anilines is 3. The highest BCUT2D eigenvalue weighted by molar-refractivity contribution is 6.04. The maximum Gasteiger partial charge on any atom is 0.256 e. The maximum atomic E-state index is 13.0. The van der Waals surface area contributed by atoms with E-state index < -0.39 is 0 Å². The van der Waals surface area contributed by atoms with Crippen LogP contribution in [-0.4, -0.2) is 49.4 Å². The fourth-order valence-corrected chi connectivity index (χ4v) is 4.11. The van der Waals surface area contributed by atoms with Gasteiger partial charge in [-0.3, -0.25) is 14.5 Å². The van der Waals surface area contributed by atoms with Crippen LogP contribution in [0.4, 0.5) is 17.2 Å². The average Bonchev–Trinajstić information content (AvgIpc) is 3.35. The monoisotopic (exact) mass is 458 g/mol. The summed E-state index contributed by atoms with van der Waals surface area (Å²) in [7, 11) is 1.84. The van der Waals surface area contributed by atoms with E-state index in [1.54, 1.807) is 10.9 Å². The number of benzene rings is 1. The van der Waals surface area contributed by atoms with Crippen molar-refractivity contribution in [1.29, 1.82) is 0 Å². The summed E-state index contributed by atoms with van der Waals surface area (Å²) < 4.78 is 3.55. The van der Waals surface area contributed by atoms with Gasteiger partial charge >= 0.3 is 0 Å². The van der Waals surface area contributed by atoms with Crippen LogP contribution in [0.25, 0.3) is 5.52 Å². The van der Waals surface area contributed by atoms with Crippen LogP contribution in [0.3, 0.4) is 0 Å². The summed E-state index contributed by atoms with van der Waals surface area (Å²) in [5.74, 6) is 0.531. The van der Waals surface area contributed by atoms with E-state index in [-0.39, 0.29) is 17.4 Å². The first-order valence-electron chi connectivity index (χ1n) is 11.4. The van der Waals surface area contributed by atoms with E-state index in [0.29, 0.717) is 11.4 Å². The second-order valence-corrected chi connectivity index (χ2v) is 9.95. The Kier molecular flexibility index (Phi) is 5.27. The zero-order valence-corrected chi connectivity index (χ0v) is 20.2. The number of carbonyl (C=O) groups excluding carboxylic acids is 1. The third kappa shape index (κ3) is 4.09. The fraction of sp³-hybridized carbons (Fsp3) is 0.360. The Balaban J connectivity index is 1.26. The number of carbonyl (C=O) groups is 1. The number of hydrogen-bond acceptors (Lipinski definition) is 6. The smallest absolute Gasteiger partial charge is 0.256 e. The minimum atomic E-state index is -0.152. The normalized spacial score (nSPS) is 14.3. The number of nitrogens with one attached hydrogen (secondary N) is 2. The van der Waals surface area contributed by atoms with Crippen molar-refractivity contribution in [3.05, 3.63) is 65.9 Å².